The molecule has 0 aliphatic heterocycles. The van der Waals surface area contributed by atoms with Crippen molar-refractivity contribution in [2.45, 2.75) is 10.3 Å². The van der Waals surface area contributed by atoms with E-state index < -0.39 is 10.0 Å². The van der Waals surface area contributed by atoms with Crippen LogP contribution in [0.15, 0.2) is 68.8 Å². The van der Waals surface area contributed by atoms with E-state index in [9.17, 15) is 13.2 Å². The minimum atomic E-state index is -3.61. The molecule has 3 aromatic rings. The first kappa shape index (κ1) is 20.1. The van der Waals surface area contributed by atoms with Gasteiger partial charge in [0, 0.05) is 17.8 Å². The molecular formula is C19H21N3O4S2. The van der Waals surface area contributed by atoms with Gasteiger partial charge in [0.05, 0.1) is 12.3 Å². The van der Waals surface area contributed by atoms with Crippen LogP contribution in [0.25, 0.3) is 0 Å². The fourth-order valence-electron chi connectivity index (χ4n) is 2.62. The fraction of sp³-hybridized carbons (Fsp3) is 0.211. The summed E-state index contributed by atoms with van der Waals surface area (Å²) < 4.78 is 32.7. The number of furan rings is 1. The van der Waals surface area contributed by atoms with Gasteiger partial charge in [0.1, 0.15) is 9.97 Å². The van der Waals surface area contributed by atoms with E-state index in [0.29, 0.717) is 17.8 Å². The van der Waals surface area contributed by atoms with Crippen LogP contribution in [0.3, 0.4) is 0 Å². The largest absolute Gasteiger partial charge is 0.468 e. The van der Waals surface area contributed by atoms with Crippen molar-refractivity contribution < 1.29 is 17.6 Å². The highest BCUT2D eigenvalue weighted by Gasteiger charge is 2.19. The zero-order valence-electron chi connectivity index (χ0n) is 15.5. The van der Waals surface area contributed by atoms with Crippen molar-refractivity contribution in [3.05, 3.63) is 71.5 Å². The Morgan fingerprint density at radius 2 is 1.89 bits per heavy atom. The molecule has 0 fully saturated rings. The van der Waals surface area contributed by atoms with Crippen molar-refractivity contribution in [2.24, 2.45) is 0 Å². The number of benzene rings is 1. The number of carbonyl (C=O) groups is 1. The predicted octanol–water partition coefficient (Wildman–Crippen LogP) is 3.17. The van der Waals surface area contributed by atoms with Gasteiger partial charge in [0.15, 0.2) is 0 Å². The summed E-state index contributed by atoms with van der Waals surface area (Å²) in [6, 6.07) is 13.1. The average molecular weight is 420 g/mol. The number of thiophene rings is 1. The summed E-state index contributed by atoms with van der Waals surface area (Å²) in [5.41, 5.74) is 0.836. The molecule has 1 atom stereocenters. The maximum atomic E-state index is 12.4. The lowest BCUT2D eigenvalue weighted by atomic mass is 10.1. The van der Waals surface area contributed by atoms with Gasteiger partial charge in [-0.15, -0.1) is 11.3 Å². The summed E-state index contributed by atoms with van der Waals surface area (Å²) >= 11 is 1.14. The van der Waals surface area contributed by atoms with Crippen LogP contribution < -0.4 is 10.0 Å². The second kappa shape index (κ2) is 8.59. The summed E-state index contributed by atoms with van der Waals surface area (Å²) in [7, 11) is 0.214. The lowest BCUT2D eigenvalue weighted by molar-refractivity contribution is 0.0939. The van der Waals surface area contributed by atoms with Crippen LogP contribution in [0.1, 0.15) is 22.2 Å². The Balaban J connectivity index is 1.62. The van der Waals surface area contributed by atoms with Crippen LogP contribution in [0, 0.1) is 0 Å². The van der Waals surface area contributed by atoms with Gasteiger partial charge >= 0.3 is 0 Å². The Hall–Kier alpha value is -2.62. The zero-order chi connectivity index (χ0) is 20.1. The van der Waals surface area contributed by atoms with E-state index in [1.807, 2.05) is 31.1 Å². The number of anilines is 1. The van der Waals surface area contributed by atoms with Crippen molar-refractivity contribution in [2.75, 3.05) is 25.4 Å². The predicted molar refractivity (Wildman–Crippen MR) is 109 cm³/mol. The second-order valence-electron chi connectivity index (χ2n) is 6.32. The smallest absolute Gasteiger partial charge is 0.271 e. The maximum Gasteiger partial charge on any atom is 0.271 e. The molecule has 2 aromatic heterocycles. The third-order valence-corrected chi connectivity index (χ3v) is 6.89. The first-order valence-corrected chi connectivity index (χ1v) is 10.9. The number of sulfonamides is 1. The number of nitrogens with one attached hydrogen (secondary N) is 2. The van der Waals surface area contributed by atoms with Gasteiger partial charge in [-0.05, 0) is 61.9 Å². The molecule has 0 saturated carbocycles. The summed E-state index contributed by atoms with van der Waals surface area (Å²) in [6.45, 7) is 0.381. The third kappa shape index (κ3) is 4.80. The van der Waals surface area contributed by atoms with E-state index in [0.717, 1.165) is 17.1 Å². The van der Waals surface area contributed by atoms with Gasteiger partial charge in [-0.2, -0.15) is 0 Å². The summed E-state index contributed by atoms with van der Waals surface area (Å²) in [5, 5.41) is 4.58. The van der Waals surface area contributed by atoms with Crippen LogP contribution in [0.5, 0.6) is 0 Å². The number of hydrogen-bond donors (Lipinski definition) is 2. The van der Waals surface area contributed by atoms with Gasteiger partial charge in [-0.3, -0.25) is 14.4 Å². The second-order valence-corrected chi connectivity index (χ2v) is 9.18. The molecule has 0 aliphatic carbocycles. The molecule has 0 radical (unpaired) electrons. The van der Waals surface area contributed by atoms with Crippen LogP contribution in [-0.2, 0) is 10.0 Å². The highest BCUT2D eigenvalue weighted by Crippen LogP contribution is 2.21. The van der Waals surface area contributed by atoms with Crippen molar-refractivity contribution in [3.8, 4) is 0 Å². The molecule has 0 spiro atoms. The van der Waals surface area contributed by atoms with Gasteiger partial charge in [0.25, 0.3) is 15.9 Å². The van der Waals surface area contributed by atoms with E-state index in [1.165, 1.54) is 6.07 Å². The van der Waals surface area contributed by atoms with Crippen molar-refractivity contribution in [3.63, 3.8) is 0 Å². The first-order chi connectivity index (χ1) is 13.4. The van der Waals surface area contributed by atoms with Crippen LogP contribution in [0.2, 0.25) is 0 Å². The van der Waals surface area contributed by atoms with Gasteiger partial charge in [0.2, 0.25) is 0 Å². The number of carbonyl (C=O) groups excluding carboxylic acids is 1. The van der Waals surface area contributed by atoms with Crippen molar-refractivity contribution >= 4 is 33.0 Å². The summed E-state index contributed by atoms with van der Waals surface area (Å²) in [4.78, 5) is 14.4. The molecule has 2 heterocycles. The average Bonchev–Trinajstić information content (AvgIpc) is 3.36. The molecule has 0 saturated heterocycles. The standard InChI is InChI=1S/C19H21N3O4S2/c1-22(2)16(17-5-3-11-26-17)13-20-19(23)14-7-9-15(10-8-14)21-28(24,25)18-6-4-12-27-18/h3-12,16,21H,13H2,1-2H3,(H,20,23)/t16-/m1/s1. The minimum absolute atomic E-state index is 0.0872. The Labute approximate surface area is 168 Å². The topological polar surface area (TPSA) is 91.7 Å². The molecule has 1 amide bonds. The minimum Gasteiger partial charge on any atom is -0.468 e. The highest BCUT2D eigenvalue weighted by atomic mass is 32.2. The van der Waals surface area contributed by atoms with Crippen molar-refractivity contribution in [1.29, 1.82) is 0 Å². The van der Waals surface area contributed by atoms with Crippen molar-refractivity contribution in [1.82, 2.24) is 10.2 Å². The van der Waals surface area contributed by atoms with Gasteiger partial charge in [-0.25, -0.2) is 8.42 Å². The molecular weight excluding hydrogens is 398 g/mol. The first-order valence-electron chi connectivity index (χ1n) is 8.51. The van der Waals surface area contributed by atoms with E-state index in [1.54, 1.807) is 42.0 Å². The Kier molecular flexibility index (Phi) is 6.18. The van der Waals surface area contributed by atoms with E-state index in [2.05, 4.69) is 10.0 Å². The molecule has 0 aliphatic rings. The van der Waals surface area contributed by atoms with E-state index >= 15 is 0 Å². The molecule has 2 N–H and O–H groups in total. The molecule has 7 nitrogen and oxygen atoms in total. The number of likely N-dealkylation sites (N-methyl/N-ethyl adjacent to an activating group) is 1. The molecule has 3 rings (SSSR count). The normalized spacial score (nSPS) is 12.7. The molecule has 0 bridgehead atoms. The van der Waals surface area contributed by atoms with Gasteiger partial charge < -0.3 is 9.73 Å². The Bertz CT molecular complexity index is 996. The van der Waals surface area contributed by atoms with Gasteiger partial charge in [-0.1, -0.05) is 6.07 Å². The lowest BCUT2D eigenvalue weighted by Gasteiger charge is -2.22. The fourth-order valence-corrected chi connectivity index (χ4v) is 4.67. The van der Waals surface area contributed by atoms with E-state index in [-0.39, 0.29) is 16.2 Å². The molecule has 1 aromatic carbocycles. The maximum absolute atomic E-state index is 12.4. The number of rotatable bonds is 8. The van der Waals surface area contributed by atoms with E-state index in [4.69, 9.17) is 4.42 Å². The van der Waals surface area contributed by atoms with Crippen LogP contribution in [0.4, 0.5) is 5.69 Å². The summed E-state index contributed by atoms with van der Waals surface area (Å²) in [5.74, 6) is 0.523. The summed E-state index contributed by atoms with van der Waals surface area (Å²) in [6.07, 6.45) is 1.60. The molecule has 0 unspecified atom stereocenters. The Morgan fingerprint density at radius 1 is 1.14 bits per heavy atom. The third-order valence-electron chi connectivity index (χ3n) is 4.11. The number of nitrogens with zero attached hydrogens (tertiary/aromatic N) is 1. The monoisotopic (exact) mass is 419 g/mol. The van der Waals surface area contributed by atoms with Crippen LogP contribution in [-0.4, -0.2) is 39.9 Å². The Morgan fingerprint density at radius 3 is 2.46 bits per heavy atom. The van der Waals surface area contributed by atoms with Crippen LogP contribution >= 0.6 is 11.3 Å². The number of hydrogen-bond acceptors (Lipinski definition) is 6. The SMILES string of the molecule is CN(C)[C@H](CNC(=O)c1ccc(NS(=O)(=O)c2cccs2)cc1)c1ccco1. The molecule has 9 heteroatoms. The zero-order valence-corrected chi connectivity index (χ0v) is 17.1. The molecule has 28 heavy (non-hydrogen) atoms. The highest BCUT2D eigenvalue weighted by molar-refractivity contribution is 7.94. The number of amides is 1. The lowest BCUT2D eigenvalue weighted by Crippen LogP contribution is -2.34. The molecule has 148 valence electrons. The quantitative estimate of drug-likeness (QED) is 0.585.